The molecule has 0 fully saturated rings. The largest absolute Gasteiger partial charge is 0.419 e. The summed E-state index contributed by atoms with van der Waals surface area (Å²) in [5, 5.41) is 2.58. The van der Waals surface area contributed by atoms with E-state index in [4.69, 9.17) is 0 Å². The van der Waals surface area contributed by atoms with Gasteiger partial charge in [-0.15, -0.1) is 0 Å². The quantitative estimate of drug-likeness (QED) is 0.665. The molecule has 2 rings (SSSR count). The fraction of sp³-hybridized carbons (Fsp3) is 0.154. The number of rotatable bonds is 3. The van der Waals surface area contributed by atoms with Crippen LogP contribution in [0.1, 0.15) is 11.1 Å². The van der Waals surface area contributed by atoms with Crippen molar-refractivity contribution >= 4 is 37.7 Å². The highest BCUT2D eigenvalue weighted by Gasteiger charge is 2.34. The van der Waals surface area contributed by atoms with E-state index in [-0.39, 0.29) is 16.8 Å². The van der Waals surface area contributed by atoms with Crippen LogP contribution in [0.2, 0.25) is 0 Å². The molecular formula is C13H8Br2F4N2. The molecular weight excluding hydrogens is 420 g/mol. The minimum Gasteiger partial charge on any atom is -0.365 e. The Balaban J connectivity index is 2.26. The summed E-state index contributed by atoms with van der Waals surface area (Å²) in [6, 6.07) is 4.93. The molecule has 112 valence electrons. The summed E-state index contributed by atoms with van der Waals surface area (Å²) in [4.78, 5) is 3.72. The fourth-order valence-corrected chi connectivity index (χ4v) is 2.37. The summed E-state index contributed by atoms with van der Waals surface area (Å²) in [5.41, 5.74) is -0.391. The van der Waals surface area contributed by atoms with Crippen molar-refractivity contribution in [3.05, 3.63) is 56.4 Å². The van der Waals surface area contributed by atoms with Gasteiger partial charge in [-0.25, -0.2) is 9.37 Å². The molecule has 0 radical (unpaired) electrons. The van der Waals surface area contributed by atoms with Gasteiger partial charge in [0.15, 0.2) is 0 Å². The van der Waals surface area contributed by atoms with Gasteiger partial charge in [0.05, 0.1) is 5.56 Å². The summed E-state index contributed by atoms with van der Waals surface area (Å²) >= 11 is 6.18. The number of hydrogen-bond acceptors (Lipinski definition) is 2. The van der Waals surface area contributed by atoms with Crippen molar-refractivity contribution in [1.29, 1.82) is 0 Å². The summed E-state index contributed by atoms with van der Waals surface area (Å²) in [6.45, 7) is 0.00998. The van der Waals surface area contributed by atoms with Crippen LogP contribution in [0.5, 0.6) is 0 Å². The van der Waals surface area contributed by atoms with Gasteiger partial charge in [0, 0.05) is 21.7 Å². The van der Waals surface area contributed by atoms with Gasteiger partial charge in [0.1, 0.15) is 11.6 Å². The van der Waals surface area contributed by atoms with Crippen LogP contribution in [0, 0.1) is 5.82 Å². The van der Waals surface area contributed by atoms with Gasteiger partial charge in [0.25, 0.3) is 0 Å². The maximum atomic E-state index is 13.1. The first-order chi connectivity index (χ1) is 9.77. The van der Waals surface area contributed by atoms with Crippen molar-refractivity contribution in [2.45, 2.75) is 12.7 Å². The van der Waals surface area contributed by atoms with Crippen LogP contribution in [0.3, 0.4) is 0 Å². The Morgan fingerprint density at radius 3 is 2.52 bits per heavy atom. The highest BCUT2D eigenvalue weighted by atomic mass is 79.9. The molecule has 0 atom stereocenters. The average molecular weight is 428 g/mol. The lowest BCUT2D eigenvalue weighted by Crippen LogP contribution is -2.12. The van der Waals surface area contributed by atoms with Crippen molar-refractivity contribution in [2.24, 2.45) is 0 Å². The number of pyridine rings is 1. The van der Waals surface area contributed by atoms with E-state index < -0.39 is 17.6 Å². The van der Waals surface area contributed by atoms with Gasteiger partial charge < -0.3 is 5.32 Å². The fourth-order valence-electron chi connectivity index (χ4n) is 1.65. The van der Waals surface area contributed by atoms with Crippen molar-refractivity contribution in [3.8, 4) is 0 Å². The van der Waals surface area contributed by atoms with Crippen LogP contribution in [0.25, 0.3) is 0 Å². The molecule has 0 saturated carbocycles. The normalized spacial score (nSPS) is 11.5. The lowest BCUT2D eigenvalue weighted by molar-refractivity contribution is -0.137. The van der Waals surface area contributed by atoms with Gasteiger partial charge in [-0.2, -0.15) is 13.2 Å². The molecule has 0 amide bonds. The molecule has 0 aliphatic heterocycles. The van der Waals surface area contributed by atoms with Gasteiger partial charge in [-0.05, 0) is 45.8 Å². The van der Waals surface area contributed by atoms with Crippen LogP contribution >= 0.6 is 31.9 Å². The molecule has 1 N–H and O–H groups in total. The van der Waals surface area contributed by atoms with Gasteiger partial charge in [-0.1, -0.05) is 15.9 Å². The Bertz CT molecular complexity index is 659. The van der Waals surface area contributed by atoms with E-state index >= 15 is 0 Å². The molecule has 1 aromatic carbocycles. The molecule has 0 aliphatic rings. The van der Waals surface area contributed by atoms with E-state index in [2.05, 4.69) is 42.2 Å². The van der Waals surface area contributed by atoms with Gasteiger partial charge in [0.2, 0.25) is 0 Å². The number of nitrogens with zero attached hydrogens (tertiary/aromatic N) is 1. The highest BCUT2D eigenvalue weighted by molar-refractivity contribution is 9.10. The Morgan fingerprint density at radius 2 is 1.86 bits per heavy atom. The number of halogens is 6. The van der Waals surface area contributed by atoms with E-state index in [0.29, 0.717) is 10.0 Å². The molecule has 2 nitrogen and oxygen atoms in total. The number of anilines is 1. The first-order valence-electron chi connectivity index (χ1n) is 5.68. The second-order valence-corrected chi connectivity index (χ2v) is 5.91. The van der Waals surface area contributed by atoms with E-state index in [0.717, 1.165) is 6.07 Å². The van der Waals surface area contributed by atoms with Gasteiger partial charge >= 0.3 is 6.18 Å². The summed E-state index contributed by atoms with van der Waals surface area (Å²) < 4.78 is 52.8. The highest BCUT2D eigenvalue weighted by Crippen LogP contribution is 2.35. The monoisotopic (exact) mass is 426 g/mol. The summed E-state index contributed by atoms with van der Waals surface area (Å²) in [6.07, 6.45) is -3.27. The summed E-state index contributed by atoms with van der Waals surface area (Å²) in [5.74, 6) is -0.767. The smallest absolute Gasteiger partial charge is 0.365 e. The van der Waals surface area contributed by atoms with Crippen LogP contribution in [-0.4, -0.2) is 4.98 Å². The molecule has 1 aromatic heterocycles. The number of benzene rings is 1. The minimum absolute atomic E-state index is 0.00998. The molecule has 8 heteroatoms. The van der Waals surface area contributed by atoms with Crippen molar-refractivity contribution in [3.63, 3.8) is 0 Å². The molecule has 1 heterocycles. The Hall–Kier alpha value is -1.15. The van der Waals surface area contributed by atoms with E-state index in [1.807, 2.05) is 0 Å². The zero-order valence-electron chi connectivity index (χ0n) is 10.3. The first kappa shape index (κ1) is 16.2. The third kappa shape index (κ3) is 4.16. The predicted molar refractivity (Wildman–Crippen MR) is 78.4 cm³/mol. The second-order valence-electron chi connectivity index (χ2n) is 4.14. The molecule has 0 aliphatic carbocycles. The second kappa shape index (κ2) is 6.31. The van der Waals surface area contributed by atoms with Crippen LogP contribution in [0.4, 0.5) is 23.4 Å². The maximum Gasteiger partial charge on any atom is 0.419 e. The van der Waals surface area contributed by atoms with Gasteiger partial charge in [-0.3, -0.25) is 0 Å². The van der Waals surface area contributed by atoms with Crippen molar-refractivity contribution in [2.75, 3.05) is 5.32 Å². The standard InChI is InChI=1S/C13H8Br2F4N2/c14-8-4-10(13(17,18)19)12(21-6-8)20-5-7-3-9(16)1-2-11(7)15/h1-4,6H,5H2,(H,20,21). The zero-order chi connectivity index (χ0) is 15.6. The SMILES string of the molecule is Fc1ccc(Br)c(CNc2ncc(Br)cc2C(F)(F)F)c1. The molecule has 0 unspecified atom stereocenters. The third-order valence-electron chi connectivity index (χ3n) is 2.61. The average Bonchev–Trinajstić information content (AvgIpc) is 2.40. The first-order valence-corrected chi connectivity index (χ1v) is 7.26. The topological polar surface area (TPSA) is 24.9 Å². The Kier molecular flexibility index (Phi) is 4.88. The molecule has 0 spiro atoms. The van der Waals surface area contributed by atoms with E-state index in [1.54, 1.807) is 0 Å². The number of alkyl halides is 3. The van der Waals surface area contributed by atoms with E-state index in [1.165, 1.54) is 24.4 Å². The maximum absolute atomic E-state index is 13.1. The lowest BCUT2D eigenvalue weighted by Gasteiger charge is -2.14. The molecule has 2 aromatic rings. The summed E-state index contributed by atoms with van der Waals surface area (Å²) in [7, 11) is 0. The third-order valence-corrected chi connectivity index (χ3v) is 3.82. The number of aromatic nitrogens is 1. The predicted octanol–water partition coefficient (Wildman–Crippen LogP) is 5.38. The Morgan fingerprint density at radius 1 is 1.14 bits per heavy atom. The lowest BCUT2D eigenvalue weighted by atomic mass is 10.2. The molecule has 21 heavy (non-hydrogen) atoms. The number of nitrogens with one attached hydrogen (secondary N) is 1. The van der Waals surface area contributed by atoms with Crippen molar-refractivity contribution < 1.29 is 17.6 Å². The van der Waals surface area contributed by atoms with E-state index in [9.17, 15) is 17.6 Å². The minimum atomic E-state index is -4.53. The zero-order valence-corrected chi connectivity index (χ0v) is 13.5. The molecule has 0 saturated heterocycles. The van der Waals surface area contributed by atoms with Crippen LogP contribution in [0.15, 0.2) is 39.4 Å². The molecule has 0 bridgehead atoms. The van der Waals surface area contributed by atoms with Crippen LogP contribution < -0.4 is 5.32 Å². The Labute approximate surface area is 134 Å². The van der Waals surface area contributed by atoms with Crippen molar-refractivity contribution in [1.82, 2.24) is 4.98 Å². The number of hydrogen-bond donors (Lipinski definition) is 1. The van der Waals surface area contributed by atoms with Crippen LogP contribution in [-0.2, 0) is 12.7 Å².